The number of halogens is 1. The first-order valence-electron chi connectivity index (χ1n) is 7.09. The number of hydrogen-bond acceptors (Lipinski definition) is 4. The van der Waals surface area contributed by atoms with Crippen molar-refractivity contribution in [3.05, 3.63) is 15.9 Å². The number of nitrogens with one attached hydrogen (secondary N) is 1. The van der Waals surface area contributed by atoms with Crippen LogP contribution in [0.2, 0.25) is 0 Å². The van der Waals surface area contributed by atoms with E-state index in [9.17, 15) is 9.59 Å². The summed E-state index contributed by atoms with van der Waals surface area (Å²) >= 11 is 3.40. The lowest BCUT2D eigenvalue weighted by Gasteiger charge is -2.07. The Balaban J connectivity index is 2.36. The summed E-state index contributed by atoms with van der Waals surface area (Å²) in [7, 11) is 1.39. The van der Waals surface area contributed by atoms with Gasteiger partial charge in [0.25, 0.3) is 5.91 Å². The van der Waals surface area contributed by atoms with E-state index < -0.39 is 0 Å². The van der Waals surface area contributed by atoms with Crippen LogP contribution in [0.3, 0.4) is 0 Å². The minimum absolute atomic E-state index is 0.128. The number of methoxy groups -OCH3 is 1. The van der Waals surface area contributed by atoms with Gasteiger partial charge in [-0.3, -0.25) is 14.3 Å². The maximum Gasteiger partial charge on any atom is 0.305 e. The molecule has 1 aromatic heterocycles. The number of hydrogen-bond donors (Lipinski definition) is 1. The van der Waals surface area contributed by atoms with E-state index in [-0.39, 0.29) is 11.9 Å². The molecule has 0 radical (unpaired) electrons. The number of nitrogens with zero attached hydrogens (tertiary/aromatic N) is 2. The fourth-order valence-electron chi connectivity index (χ4n) is 1.96. The maximum absolute atomic E-state index is 12.2. The third-order valence-corrected chi connectivity index (χ3v) is 4.09. The average Bonchev–Trinajstić information content (AvgIpc) is 2.77. The normalized spacial score (nSPS) is 10.5. The molecule has 0 atom stereocenters. The quantitative estimate of drug-likeness (QED) is 0.571. The second-order valence-electron chi connectivity index (χ2n) is 4.71. The summed E-state index contributed by atoms with van der Waals surface area (Å²) in [5.74, 6) is -0.317. The fourth-order valence-corrected chi connectivity index (χ4v) is 2.43. The van der Waals surface area contributed by atoms with Gasteiger partial charge in [0, 0.05) is 19.5 Å². The topological polar surface area (TPSA) is 73.2 Å². The zero-order valence-corrected chi connectivity index (χ0v) is 14.3. The molecule has 0 unspecified atom stereocenters. The van der Waals surface area contributed by atoms with Crippen molar-refractivity contribution in [2.24, 2.45) is 0 Å². The molecule has 0 aliphatic heterocycles. The molecule has 21 heavy (non-hydrogen) atoms. The Hall–Kier alpha value is -1.37. The van der Waals surface area contributed by atoms with E-state index in [4.69, 9.17) is 0 Å². The van der Waals surface area contributed by atoms with Crippen LogP contribution in [0.4, 0.5) is 0 Å². The van der Waals surface area contributed by atoms with E-state index in [1.807, 2.05) is 13.8 Å². The van der Waals surface area contributed by atoms with Crippen molar-refractivity contribution < 1.29 is 14.3 Å². The second kappa shape index (κ2) is 8.81. The van der Waals surface area contributed by atoms with Gasteiger partial charge < -0.3 is 10.1 Å². The standard InChI is InChI=1S/C14H22BrN3O3/c1-4-18-13(12(15)10(2)17-18)14(20)16-9-7-5-6-8-11(19)21-3/h4-9H2,1-3H3,(H,16,20). The van der Waals surface area contributed by atoms with Crippen molar-refractivity contribution in [1.82, 2.24) is 15.1 Å². The van der Waals surface area contributed by atoms with Crippen LogP contribution in [0.15, 0.2) is 4.47 Å². The molecule has 1 N–H and O–H groups in total. The van der Waals surface area contributed by atoms with Crippen LogP contribution in [-0.2, 0) is 16.1 Å². The summed E-state index contributed by atoms with van der Waals surface area (Å²) in [6.45, 7) is 5.04. The third kappa shape index (κ3) is 5.15. The minimum atomic E-state index is -0.190. The lowest BCUT2D eigenvalue weighted by atomic mass is 10.2. The molecule has 1 aromatic rings. The highest BCUT2D eigenvalue weighted by Gasteiger charge is 2.18. The van der Waals surface area contributed by atoms with Gasteiger partial charge in [-0.15, -0.1) is 0 Å². The van der Waals surface area contributed by atoms with Crippen LogP contribution in [0.1, 0.15) is 48.8 Å². The summed E-state index contributed by atoms with van der Waals surface area (Å²) in [5, 5.41) is 7.18. The zero-order valence-electron chi connectivity index (χ0n) is 12.7. The molecule has 0 aliphatic rings. The van der Waals surface area contributed by atoms with Crippen molar-refractivity contribution in [3.8, 4) is 0 Å². The van der Waals surface area contributed by atoms with E-state index in [1.165, 1.54) is 7.11 Å². The Bertz CT molecular complexity index is 500. The first-order valence-corrected chi connectivity index (χ1v) is 7.88. The van der Waals surface area contributed by atoms with Gasteiger partial charge in [0.05, 0.1) is 17.3 Å². The lowest BCUT2D eigenvalue weighted by Crippen LogP contribution is -2.27. The number of aromatic nitrogens is 2. The third-order valence-electron chi connectivity index (χ3n) is 3.14. The number of aryl methyl sites for hydroxylation is 2. The molecule has 1 rings (SSSR count). The number of rotatable bonds is 8. The molecule has 0 aliphatic carbocycles. The van der Waals surface area contributed by atoms with Crippen molar-refractivity contribution in [1.29, 1.82) is 0 Å². The SMILES string of the molecule is CCn1nc(C)c(Br)c1C(=O)NCCCCCC(=O)OC. The predicted octanol–water partition coefficient (Wildman–Crippen LogP) is 2.44. The van der Waals surface area contributed by atoms with Crippen LogP contribution in [0.5, 0.6) is 0 Å². The van der Waals surface area contributed by atoms with Gasteiger partial charge >= 0.3 is 5.97 Å². The van der Waals surface area contributed by atoms with Crippen molar-refractivity contribution in [2.45, 2.75) is 46.1 Å². The van der Waals surface area contributed by atoms with Gasteiger partial charge in [-0.25, -0.2) is 0 Å². The Kier molecular flexibility index (Phi) is 7.42. The van der Waals surface area contributed by atoms with E-state index in [0.29, 0.717) is 25.2 Å². The Morgan fingerprint density at radius 1 is 1.33 bits per heavy atom. The smallest absolute Gasteiger partial charge is 0.305 e. The summed E-state index contributed by atoms with van der Waals surface area (Å²) in [4.78, 5) is 23.1. The molecule has 6 nitrogen and oxygen atoms in total. The maximum atomic E-state index is 12.2. The number of carbonyl (C=O) groups excluding carboxylic acids is 2. The fraction of sp³-hybridized carbons (Fsp3) is 0.643. The number of ether oxygens (including phenoxy) is 1. The molecular weight excluding hydrogens is 338 g/mol. The molecule has 1 heterocycles. The van der Waals surface area contributed by atoms with Crippen LogP contribution >= 0.6 is 15.9 Å². The van der Waals surface area contributed by atoms with Gasteiger partial charge in [-0.2, -0.15) is 5.10 Å². The number of amides is 1. The molecule has 0 saturated heterocycles. The summed E-state index contributed by atoms with van der Waals surface area (Å²) < 4.78 is 7.00. The molecule has 0 fully saturated rings. The molecule has 1 amide bonds. The van der Waals surface area contributed by atoms with Gasteiger partial charge in [0.2, 0.25) is 0 Å². The molecule has 0 spiro atoms. The average molecular weight is 360 g/mol. The van der Waals surface area contributed by atoms with Gasteiger partial charge in [-0.1, -0.05) is 6.42 Å². The van der Waals surface area contributed by atoms with Gasteiger partial charge in [0.15, 0.2) is 0 Å². The Morgan fingerprint density at radius 2 is 2.05 bits per heavy atom. The predicted molar refractivity (Wildman–Crippen MR) is 83.2 cm³/mol. The number of esters is 1. The Morgan fingerprint density at radius 3 is 2.67 bits per heavy atom. The van der Waals surface area contributed by atoms with Crippen molar-refractivity contribution in [3.63, 3.8) is 0 Å². The largest absolute Gasteiger partial charge is 0.469 e. The summed E-state index contributed by atoms with van der Waals surface area (Å²) in [5.41, 5.74) is 1.37. The zero-order chi connectivity index (χ0) is 15.8. The highest BCUT2D eigenvalue weighted by molar-refractivity contribution is 9.10. The first-order chi connectivity index (χ1) is 10.0. The molecule has 7 heteroatoms. The lowest BCUT2D eigenvalue weighted by molar-refractivity contribution is -0.140. The van der Waals surface area contributed by atoms with Crippen molar-refractivity contribution >= 4 is 27.8 Å². The first kappa shape index (κ1) is 17.7. The van der Waals surface area contributed by atoms with E-state index in [1.54, 1.807) is 4.68 Å². The van der Waals surface area contributed by atoms with Crippen LogP contribution in [0.25, 0.3) is 0 Å². The summed E-state index contributed by atoms with van der Waals surface area (Å²) in [6.07, 6.45) is 2.91. The van der Waals surface area contributed by atoms with Gasteiger partial charge in [0.1, 0.15) is 5.69 Å². The van der Waals surface area contributed by atoms with E-state index in [2.05, 4.69) is 31.1 Å². The number of unbranched alkanes of at least 4 members (excludes halogenated alkanes) is 2. The molecule has 0 saturated carbocycles. The number of carbonyl (C=O) groups is 2. The van der Waals surface area contributed by atoms with Crippen LogP contribution in [-0.4, -0.2) is 35.3 Å². The minimum Gasteiger partial charge on any atom is -0.469 e. The molecule has 0 bridgehead atoms. The highest BCUT2D eigenvalue weighted by Crippen LogP contribution is 2.20. The monoisotopic (exact) mass is 359 g/mol. The van der Waals surface area contributed by atoms with E-state index >= 15 is 0 Å². The van der Waals surface area contributed by atoms with Crippen molar-refractivity contribution in [2.75, 3.05) is 13.7 Å². The summed E-state index contributed by atoms with van der Waals surface area (Å²) in [6, 6.07) is 0. The molecule has 118 valence electrons. The second-order valence-corrected chi connectivity index (χ2v) is 5.50. The molecular formula is C14H22BrN3O3. The Labute approximate surface area is 133 Å². The van der Waals surface area contributed by atoms with Gasteiger partial charge in [-0.05, 0) is 42.6 Å². The van der Waals surface area contributed by atoms with Crippen LogP contribution < -0.4 is 5.32 Å². The van der Waals surface area contributed by atoms with Crippen LogP contribution in [0, 0.1) is 6.92 Å². The molecule has 0 aromatic carbocycles. The van der Waals surface area contributed by atoms with E-state index in [0.717, 1.165) is 29.4 Å². The highest BCUT2D eigenvalue weighted by atomic mass is 79.9.